The molecule has 3 heterocycles. The fourth-order valence-corrected chi connectivity index (χ4v) is 4.00. The minimum absolute atomic E-state index is 0.00756. The van der Waals surface area contributed by atoms with E-state index in [1.54, 1.807) is 6.20 Å². The summed E-state index contributed by atoms with van der Waals surface area (Å²) in [6.07, 6.45) is 4.32. The van der Waals surface area contributed by atoms with Gasteiger partial charge in [0, 0.05) is 19.3 Å². The molecule has 0 unspecified atom stereocenters. The Morgan fingerprint density at radius 1 is 1.08 bits per heavy atom. The van der Waals surface area contributed by atoms with Crippen molar-refractivity contribution in [3.63, 3.8) is 0 Å². The van der Waals surface area contributed by atoms with Crippen molar-refractivity contribution in [2.75, 3.05) is 32.8 Å². The molecule has 0 aliphatic carbocycles. The summed E-state index contributed by atoms with van der Waals surface area (Å²) in [5, 5.41) is 0. The van der Waals surface area contributed by atoms with Crippen molar-refractivity contribution >= 4 is 5.91 Å². The van der Waals surface area contributed by atoms with Gasteiger partial charge in [0.25, 0.3) is 5.91 Å². The van der Waals surface area contributed by atoms with Crippen LogP contribution in [-0.4, -0.2) is 59.6 Å². The Morgan fingerprint density at radius 3 is 2.60 bits per heavy atom. The fraction of sp³-hybridized carbons (Fsp3) is 0.450. The molecule has 0 bridgehead atoms. The Hall–Kier alpha value is -2.11. The van der Waals surface area contributed by atoms with Gasteiger partial charge in [-0.05, 0) is 43.6 Å². The Bertz CT molecular complexity index is 680. The number of carbonyl (C=O) groups is 1. The molecule has 2 fully saturated rings. The van der Waals surface area contributed by atoms with Crippen LogP contribution in [0.15, 0.2) is 48.7 Å². The normalized spacial score (nSPS) is 24.6. The third kappa shape index (κ3) is 3.48. The van der Waals surface area contributed by atoms with Crippen LogP contribution in [-0.2, 0) is 4.74 Å². The first-order valence-electron chi connectivity index (χ1n) is 9.16. The van der Waals surface area contributed by atoms with Gasteiger partial charge in [-0.2, -0.15) is 0 Å². The molecule has 0 saturated carbocycles. The topological polar surface area (TPSA) is 48.6 Å². The minimum Gasteiger partial charge on any atom is -0.373 e. The number of hydrogen-bond donors (Lipinski definition) is 1. The summed E-state index contributed by atoms with van der Waals surface area (Å²) >= 11 is 0. The zero-order valence-corrected chi connectivity index (χ0v) is 14.4. The maximum atomic E-state index is 13.1. The summed E-state index contributed by atoms with van der Waals surface area (Å²) in [5.74, 6) is 0.0496. The number of amides is 1. The lowest BCUT2D eigenvalue weighted by molar-refractivity contribution is -0.0708. The lowest BCUT2D eigenvalue weighted by Gasteiger charge is -2.42. The Kier molecular flexibility index (Phi) is 4.85. The van der Waals surface area contributed by atoms with E-state index in [-0.39, 0.29) is 18.1 Å². The molecule has 2 aromatic rings. The van der Waals surface area contributed by atoms with Gasteiger partial charge >= 0.3 is 0 Å². The van der Waals surface area contributed by atoms with Gasteiger partial charge in [-0.1, -0.05) is 30.3 Å². The molecule has 5 heteroatoms. The number of benzene rings is 1. The number of rotatable bonds is 4. The number of morpholine rings is 1. The van der Waals surface area contributed by atoms with Crippen LogP contribution >= 0.6 is 0 Å². The van der Waals surface area contributed by atoms with E-state index in [2.05, 4.69) is 22.0 Å². The maximum absolute atomic E-state index is 13.1. The number of aromatic amines is 1. The first-order chi connectivity index (χ1) is 12.3. The Labute approximate surface area is 148 Å². The highest BCUT2D eigenvalue weighted by molar-refractivity contribution is 5.92. The molecule has 1 aromatic heterocycles. The second-order valence-corrected chi connectivity index (χ2v) is 6.85. The summed E-state index contributed by atoms with van der Waals surface area (Å²) < 4.78 is 6.16. The van der Waals surface area contributed by atoms with Gasteiger partial charge in [0.1, 0.15) is 5.69 Å². The van der Waals surface area contributed by atoms with Gasteiger partial charge in [0.2, 0.25) is 0 Å². The van der Waals surface area contributed by atoms with Crippen LogP contribution in [0.5, 0.6) is 0 Å². The summed E-state index contributed by atoms with van der Waals surface area (Å²) in [7, 11) is 0. The summed E-state index contributed by atoms with van der Waals surface area (Å²) in [4.78, 5) is 20.5. The third-order valence-electron chi connectivity index (χ3n) is 5.22. The van der Waals surface area contributed by atoms with E-state index in [1.165, 1.54) is 12.8 Å². The fourth-order valence-electron chi connectivity index (χ4n) is 4.00. The van der Waals surface area contributed by atoms with Crippen LogP contribution in [0, 0.1) is 0 Å². The number of aromatic nitrogens is 1. The van der Waals surface area contributed by atoms with Gasteiger partial charge in [-0.15, -0.1) is 0 Å². The second kappa shape index (κ2) is 7.42. The van der Waals surface area contributed by atoms with Crippen LogP contribution in [0.4, 0.5) is 0 Å². The second-order valence-electron chi connectivity index (χ2n) is 6.85. The molecule has 5 nitrogen and oxygen atoms in total. The van der Waals surface area contributed by atoms with Crippen molar-refractivity contribution in [3.05, 3.63) is 59.9 Å². The van der Waals surface area contributed by atoms with Crippen LogP contribution in [0.25, 0.3) is 0 Å². The molecule has 2 aliphatic rings. The molecule has 0 spiro atoms. The summed E-state index contributed by atoms with van der Waals surface area (Å²) in [6.45, 7) is 4.36. The SMILES string of the molecule is O=C(c1ccc[nH]1)N1CCO[C@@H](CN2CCCC2)[C@@H]1c1ccccc1. The first-order valence-corrected chi connectivity index (χ1v) is 9.16. The van der Waals surface area contributed by atoms with Crippen molar-refractivity contribution in [1.29, 1.82) is 0 Å². The van der Waals surface area contributed by atoms with Crippen LogP contribution < -0.4 is 0 Å². The number of carbonyl (C=O) groups excluding carboxylic acids is 1. The maximum Gasteiger partial charge on any atom is 0.270 e. The molecular formula is C20H25N3O2. The van der Waals surface area contributed by atoms with Gasteiger partial charge in [-0.25, -0.2) is 0 Å². The first kappa shape index (κ1) is 16.4. The lowest BCUT2D eigenvalue weighted by Crippen LogP contribution is -2.51. The molecular weight excluding hydrogens is 314 g/mol. The van der Waals surface area contributed by atoms with Crippen molar-refractivity contribution in [1.82, 2.24) is 14.8 Å². The van der Waals surface area contributed by atoms with E-state index in [0.29, 0.717) is 18.8 Å². The molecule has 2 saturated heterocycles. The number of H-pyrrole nitrogens is 1. The van der Waals surface area contributed by atoms with Crippen LogP contribution in [0.3, 0.4) is 0 Å². The predicted octanol–water partition coefficient (Wildman–Crippen LogP) is 2.69. The van der Waals surface area contributed by atoms with Crippen molar-refractivity contribution < 1.29 is 9.53 Å². The number of likely N-dealkylation sites (tertiary alicyclic amines) is 1. The van der Waals surface area contributed by atoms with Crippen molar-refractivity contribution in [2.24, 2.45) is 0 Å². The van der Waals surface area contributed by atoms with Gasteiger partial charge in [0.15, 0.2) is 0 Å². The molecule has 132 valence electrons. The zero-order valence-electron chi connectivity index (χ0n) is 14.4. The number of ether oxygens (including phenoxy) is 1. The molecule has 4 rings (SSSR count). The smallest absolute Gasteiger partial charge is 0.270 e. The van der Waals surface area contributed by atoms with E-state index >= 15 is 0 Å². The summed E-state index contributed by atoms with van der Waals surface area (Å²) in [5.41, 5.74) is 1.79. The Balaban J connectivity index is 1.63. The number of nitrogens with one attached hydrogen (secondary N) is 1. The summed E-state index contributed by atoms with van der Waals surface area (Å²) in [6, 6.07) is 14.0. The van der Waals surface area contributed by atoms with Crippen LogP contribution in [0.2, 0.25) is 0 Å². The van der Waals surface area contributed by atoms with Gasteiger partial charge < -0.3 is 19.5 Å². The number of hydrogen-bond acceptors (Lipinski definition) is 3. The monoisotopic (exact) mass is 339 g/mol. The predicted molar refractivity (Wildman–Crippen MR) is 96.4 cm³/mol. The van der Waals surface area contributed by atoms with E-state index in [4.69, 9.17) is 4.74 Å². The average molecular weight is 339 g/mol. The minimum atomic E-state index is -0.0497. The molecule has 2 aliphatic heterocycles. The quantitative estimate of drug-likeness (QED) is 0.932. The van der Waals surface area contributed by atoms with E-state index in [1.807, 2.05) is 35.2 Å². The molecule has 25 heavy (non-hydrogen) atoms. The average Bonchev–Trinajstić information content (AvgIpc) is 3.36. The number of nitrogens with zero attached hydrogens (tertiary/aromatic N) is 2. The van der Waals surface area contributed by atoms with E-state index < -0.39 is 0 Å². The van der Waals surface area contributed by atoms with E-state index in [9.17, 15) is 4.79 Å². The largest absolute Gasteiger partial charge is 0.373 e. The highest BCUT2D eigenvalue weighted by Crippen LogP contribution is 2.31. The van der Waals surface area contributed by atoms with Crippen molar-refractivity contribution in [3.8, 4) is 0 Å². The Morgan fingerprint density at radius 2 is 1.88 bits per heavy atom. The highest BCUT2D eigenvalue weighted by Gasteiger charge is 2.38. The van der Waals surface area contributed by atoms with E-state index in [0.717, 1.165) is 25.2 Å². The molecule has 1 N–H and O–H groups in total. The van der Waals surface area contributed by atoms with Crippen LogP contribution in [0.1, 0.15) is 34.9 Å². The standard InChI is InChI=1S/C20H25N3O2/c24-20(17-9-6-10-21-17)23-13-14-25-18(15-22-11-4-5-12-22)19(23)16-7-2-1-3-8-16/h1-3,6-10,18-19,21H,4-5,11-15H2/t18-,19-/m0/s1. The lowest BCUT2D eigenvalue weighted by atomic mass is 9.97. The molecule has 1 amide bonds. The van der Waals surface area contributed by atoms with Gasteiger partial charge in [-0.3, -0.25) is 4.79 Å². The van der Waals surface area contributed by atoms with Crippen molar-refractivity contribution in [2.45, 2.75) is 25.0 Å². The van der Waals surface area contributed by atoms with Gasteiger partial charge in [0.05, 0.1) is 18.8 Å². The molecule has 0 radical (unpaired) electrons. The third-order valence-corrected chi connectivity index (χ3v) is 5.22. The zero-order chi connectivity index (χ0) is 17.1. The molecule has 1 aromatic carbocycles. The molecule has 2 atom stereocenters. The highest BCUT2D eigenvalue weighted by atomic mass is 16.5.